The Balaban J connectivity index is 2.60. The van der Waals surface area contributed by atoms with Gasteiger partial charge in [0.1, 0.15) is 17.1 Å². The summed E-state index contributed by atoms with van der Waals surface area (Å²) >= 11 is 0. The monoisotopic (exact) mass is 294 g/mol. The molecule has 1 N–H and O–H groups in total. The highest BCUT2D eigenvalue weighted by molar-refractivity contribution is 5.48. The van der Waals surface area contributed by atoms with Gasteiger partial charge in [0.05, 0.1) is 14.2 Å². The van der Waals surface area contributed by atoms with Crippen LogP contribution in [-0.4, -0.2) is 19.3 Å². The molecule has 0 fully saturated rings. The SMILES string of the molecule is COc1ccc(C(C)(O)c2cccc(F)c2F)c(OC)c1. The lowest BCUT2D eigenvalue weighted by Gasteiger charge is -2.27. The molecule has 0 aliphatic carbocycles. The van der Waals surface area contributed by atoms with E-state index in [1.807, 2.05) is 0 Å². The van der Waals surface area contributed by atoms with Crippen molar-refractivity contribution in [3.8, 4) is 11.5 Å². The number of aliphatic hydroxyl groups is 1. The molecule has 3 nitrogen and oxygen atoms in total. The summed E-state index contributed by atoms with van der Waals surface area (Å²) in [6.07, 6.45) is 0. The summed E-state index contributed by atoms with van der Waals surface area (Å²) in [4.78, 5) is 0. The Kier molecular flexibility index (Phi) is 4.14. The summed E-state index contributed by atoms with van der Waals surface area (Å²) in [7, 11) is 2.93. The van der Waals surface area contributed by atoms with Crippen molar-refractivity contribution in [3.63, 3.8) is 0 Å². The molecule has 5 heteroatoms. The van der Waals surface area contributed by atoms with Crippen LogP contribution in [0.1, 0.15) is 18.1 Å². The van der Waals surface area contributed by atoms with E-state index in [9.17, 15) is 13.9 Å². The minimum absolute atomic E-state index is 0.161. The van der Waals surface area contributed by atoms with Crippen molar-refractivity contribution < 1.29 is 23.4 Å². The Morgan fingerprint density at radius 1 is 1.00 bits per heavy atom. The van der Waals surface area contributed by atoms with Crippen LogP contribution in [0.2, 0.25) is 0 Å². The van der Waals surface area contributed by atoms with E-state index in [0.29, 0.717) is 17.1 Å². The highest BCUT2D eigenvalue weighted by Crippen LogP contribution is 2.38. The maximum Gasteiger partial charge on any atom is 0.165 e. The molecule has 21 heavy (non-hydrogen) atoms. The Morgan fingerprint density at radius 3 is 2.33 bits per heavy atom. The van der Waals surface area contributed by atoms with E-state index in [1.54, 1.807) is 18.2 Å². The van der Waals surface area contributed by atoms with E-state index in [-0.39, 0.29) is 5.56 Å². The van der Waals surface area contributed by atoms with Gasteiger partial charge in [-0.2, -0.15) is 0 Å². The van der Waals surface area contributed by atoms with Gasteiger partial charge in [-0.3, -0.25) is 0 Å². The fourth-order valence-corrected chi connectivity index (χ4v) is 2.23. The molecule has 2 aromatic carbocycles. The van der Waals surface area contributed by atoms with Crippen LogP contribution in [0.25, 0.3) is 0 Å². The Bertz CT molecular complexity index is 654. The summed E-state index contributed by atoms with van der Waals surface area (Å²) in [5, 5.41) is 10.7. The van der Waals surface area contributed by atoms with E-state index in [1.165, 1.54) is 33.3 Å². The van der Waals surface area contributed by atoms with Gasteiger partial charge < -0.3 is 14.6 Å². The molecule has 0 heterocycles. The molecule has 112 valence electrons. The first-order chi connectivity index (χ1) is 9.91. The summed E-state index contributed by atoms with van der Waals surface area (Å²) < 4.78 is 37.6. The van der Waals surface area contributed by atoms with E-state index in [2.05, 4.69) is 0 Å². The van der Waals surface area contributed by atoms with Crippen LogP contribution in [0, 0.1) is 11.6 Å². The third-order valence-corrected chi connectivity index (χ3v) is 3.41. The number of ether oxygens (including phenoxy) is 2. The lowest BCUT2D eigenvalue weighted by atomic mass is 9.87. The molecular weight excluding hydrogens is 278 g/mol. The van der Waals surface area contributed by atoms with Gasteiger partial charge >= 0.3 is 0 Å². The predicted octanol–water partition coefficient (Wildman–Crippen LogP) is 3.24. The molecule has 0 radical (unpaired) electrons. The lowest BCUT2D eigenvalue weighted by molar-refractivity contribution is 0.0938. The summed E-state index contributed by atoms with van der Waals surface area (Å²) in [5.74, 6) is -1.24. The Morgan fingerprint density at radius 2 is 1.71 bits per heavy atom. The van der Waals surface area contributed by atoms with E-state index in [4.69, 9.17) is 9.47 Å². The molecule has 1 atom stereocenters. The van der Waals surface area contributed by atoms with Gasteiger partial charge in [-0.1, -0.05) is 12.1 Å². The summed E-state index contributed by atoms with van der Waals surface area (Å²) in [5.41, 5.74) is -1.59. The zero-order valence-corrected chi connectivity index (χ0v) is 12.0. The first-order valence-corrected chi connectivity index (χ1v) is 6.31. The van der Waals surface area contributed by atoms with Crippen molar-refractivity contribution >= 4 is 0 Å². The van der Waals surface area contributed by atoms with Gasteiger partial charge in [0, 0.05) is 17.2 Å². The van der Waals surface area contributed by atoms with E-state index in [0.717, 1.165) is 6.07 Å². The molecule has 2 rings (SSSR count). The van der Waals surface area contributed by atoms with Crippen molar-refractivity contribution in [2.45, 2.75) is 12.5 Å². The fraction of sp³-hybridized carbons (Fsp3) is 0.250. The van der Waals surface area contributed by atoms with Gasteiger partial charge in [-0.15, -0.1) is 0 Å². The normalized spacial score (nSPS) is 13.6. The first-order valence-electron chi connectivity index (χ1n) is 6.31. The van der Waals surface area contributed by atoms with Crippen LogP contribution in [0.3, 0.4) is 0 Å². The molecule has 0 saturated heterocycles. The Hall–Kier alpha value is -2.14. The summed E-state index contributed by atoms with van der Waals surface area (Å²) in [6, 6.07) is 8.42. The molecule has 0 aliphatic heterocycles. The van der Waals surface area contributed by atoms with E-state index < -0.39 is 17.2 Å². The highest BCUT2D eigenvalue weighted by atomic mass is 19.2. The van der Waals surface area contributed by atoms with Crippen LogP contribution in [-0.2, 0) is 5.60 Å². The van der Waals surface area contributed by atoms with Crippen molar-refractivity contribution in [1.29, 1.82) is 0 Å². The Labute approximate surface area is 121 Å². The molecule has 0 aliphatic rings. The maximum absolute atomic E-state index is 14.0. The minimum atomic E-state index is -1.75. The largest absolute Gasteiger partial charge is 0.497 e. The average Bonchev–Trinajstić information content (AvgIpc) is 2.49. The average molecular weight is 294 g/mol. The topological polar surface area (TPSA) is 38.7 Å². The van der Waals surface area contributed by atoms with Crippen LogP contribution < -0.4 is 9.47 Å². The van der Waals surface area contributed by atoms with Crippen LogP contribution in [0.5, 0.6) is 11.5 Å². The maximum atomic E-state index is 14.0. The number of rotatable bonds is 4. The van der Waals surface area contributed by atoms with Gasteiger partial charge in [-0.25, -0.2) is 8.78 Å². The van der Waals surface area contributed by atoms with Gasteiger partial charge in [0.25, 0.3) is 0 Å². The third kappa shape index (κ3) is 2.69. The smallest absolute Gasteiger partial charge is 0.165 e. The van der Waals surface area contributed by atoms with Crippen molar-refractivity contribution in [1.82, 2.24) is 0 Å². The molecule has 1 unspecified atom stereocenters. The predicted molar refractivity (Wildman–Crippen MR) is 74.6 cm³/mol. The van der Waals surface area contributed by atoms with Crippen LogP contribution in [0.15, 0.2) is 36.4 Å². The lowest BCUT2D eigenvalue weighted by Crippen LogP contribution is -2.25. The molecule has 0 aromatic heterocycles. The zero-order chi connectivity index (χ0) is 15.6. The van der Waals surface area contributed by atoms with Crippen molar-refractivity contribution in [2.24, 2.45) is 0 Å². The third-order valence-electron chi connectivity index (χ3n) is 3.41. The molecule has 0 saturated carbocycles. The number of hydrogen-bond donors (Lipinski definition) is 1. The van der Waals surface area contributed by atoms with E-state index >= 15 is 0 Å². The number of benzene rings is 2. The number of methoxy groups -OCH3 is 2. The molecular formula is C16H16F2O3. The van der Waals surface area contributed by atoms with Crippen molar-refractivity contribution in [3.05, 3.63) is 59.2 Å². The summed E-state index contributed by atoms with van der Waals surface area (Å²) in [6.45, 7) is 1.38. The molecule has 0 bridgehead atoms. The van der Waals surface area contributed by atoms with Crippen molar-refractivity contribution in [2.75, 3.05) is 14.2 Å². The molecule has 0 amide bonds. The van der Waals surface area contributed by atoms with Gasteiger partial charge in [0.15, 0.2) is 11.6 Å². The molecule has 0 spiro atoms. The first kappa shape index (κ1) is 15.3. The van der Waals surface area contributed by atoms with Gasteiger partial charge in [0.2, 0.25) is 0 Å². The van der Waals surface area contributed by atoms with Gasteiger partial charge in [-0.05, 0) is 25.1 Å². The second-order valence-electron chi connectivity index (χ2n) is 4.74. The standard InChI is InChI=1S/C16H16F2O3/c1-16(19,12-5-4-6-13(17)15(12)18)11-8-7-10(20-2)9-14(11)21-3/h4-9,19H,1-3H3. The number of hydrogen-bond acceptors (Lipinski definition) is 3. The molecule has 2 aromatic rings. The number of halogens is 2. The quantitative estimate of drug-likeness (QED) is 0.941. The highest BCUT2D eigenvalue weighted by Gasteiger charge is 2.33. The zero-order valence-electron chi connectivity index (χ0n) is 12.0. The van der Waals surface area contributed by atoms with Crippen LogP contribution >= 0.6 is 0 Å². The minimum Gasteiger partial charge on any atom is -0.497 e. The van der Waals surface area contributed by atoms with Crippen LogP contribution in [0.4, 0.5) is 8.78 Å². The fourth-order valence-electron chi connectivity index (χ4n) is 2.23. The second-order valence-corrected chi connectivity index (χ2v) is 4.74. The second kappa shape index (κ2) is 5.69.